The molecular formula is C16H14N4O2. The van der Waals surface area contributed by atoms with Crippen LogP contribution < -0.4 is 10.1 Å². The minimum atomic E-state index is -0.100. The van der Waals surface area contributed by atoms with Crippen molar-refractivity contribution in [1.29, 1.82) is 0 Å². The maximum atomic E-state index is 11.9. The first-order valence-corrected chi connectivity index (χ1v) is 7.08. The summed E-state index contributed by atoms with van der Waals surface area (Å²) < 4.78 is 5.66. The molecule has 2 N–H and O–H groups in total. The van der Waals surface area contributed by atoms with E-state index in [0.29, 0.717) is 24.5 Å². The Balaban J connectivity index is 1.85. The molecule has 22 heavy (non-hydrogen) atoms. The highest BCUT2D eigenvalue weighted by Gasteiger charge is 2.18. The van der Waals surface area contributed by atoms with Gasteiger partial charge in [-0.15, -0.1) is 0 Å². The van der Waals surface area contributed by atoms with Gasteiger partial charge in [-0.2, -0.15) is 0 Å². The van der Waals surface area contributed by atoms with Crippen molar-refractivity contribution >= 4 is 16.9 Å². The molecule has 0 saturated heterocycles. The predicted molar refractivity (Wildman–Crippen MR) is 81.9 cm³/mol. The number of carbonyl (C=O) groups excluding carboxylic acids is 1. The molecule has 0 bridgehead atoms. The Kier molecular flexibility index (Phi) is 2.82. The number of aromatic amines is 1. The van der Waals surface area contributed by atoms with Crippen LogP contribution in [0, 0.1) is 6.92 Å². The van der Waals surface area contributed by atoms with E-state index in [1.165, 1.54) is 0 Å². The van der Waals surface area contributed by atoms with Gasteiger partial charge in [-0.05, 0) is 24.6 Å². The van der Waals surface area contributed by atoms with Crippen LogP contribution in [0.15, 0.2) is 30.6 Å². The molecule has 3 heterocycles. The minimum absolute atomic E-state index is 0.100. The van der Waals surface area contributed by atoms with E-state index in [1.54, 1.807) is 6.07 Å². The lowest BCUT2D eigenvalue weighted by molar-refractivity contribution is 0.0957. The van der Waals surface area contributed by atoms with Crippen molar-refractivity contribution in [3.63, 3.8) is 0 Å². The molecule has 0 saturated carbocycles. The second-order valence-electron chi connectivity index (χ2n) is 5.20. The molecule has 0 radical (unpaired) electrons. The minimum Gasteiger partial charge on any atom is -0.491 e. The van der Waals surface area contributed by atoms with E-state index in [9.17, 15) is 4.79 Å². The molecule has 1 aliphatic rings. The standard InChI is InChI=1S/C16H14N4O2/c1-9-18-8-13-12(7-19-15(13)20-9)10-2-3-11-14(6-10)22-5-4-17-16(11)21/h2-3,6-8H,4-5H2,1H3,(H,17,21)(H,18,19,20). The number of carbonyl (C=O) groups is 1. The number of rotatable bonds is 1. The first-order valence-electron chi connectivity index (χ1n) is 7.08. The molecule has 3 aromatic rings. The van der Waals surface area contributed by atoms with Crippen molar-refractivity contribution in [2.45, 2.75) is 6.92 Å². The van der Waals surface area contributed by atoms with E-state index in [1.807, 2.05) is 31.5 Å². The summed E-state index contributed by atoms with van der Waals surface area (Å²) in [6.07, 6.45) is 3.71. The Morgan fingerprint density at radius 1 is 1.27 bits per heavy atom. The molecular weight excluding hydrogens is 280 g/mol. The van der Waals surface area contributed by atoms with Gasteiger partial charge in [-0.1, -0.05) is 6.07 Å². The van der Waals surface area contributed by atoms with Gasteiger partial charge in [0.2, 0.25) is 0 Å². The molecule has 6 nitrogen and oxygen atoms in total. The van der Waals surface area contributed by atoms with Gasteiger partial charge in [0.15, 0.2) is 0 Å². The SMILES string of the molecule is Cc1ncc2c(-c3ccc4c(c3)OCCNC4=O)c[nH]c2n1. The highest BCUT2D eigenvalue weighted by atomic mass is 16.5. The third kappa shape index (κ3) is 2.00. The average Bonchev–Trinajstić information content (AvgIpc) is 2.84. The number of aryl methyl sites for hydroxylation is 1. The highest BCUT2D eigenvalue weighted by molar-refractivity contribution is 5.99. The number of nitrogens with zero attached hydrogens (tertiary/aromatic N) is 2. The summed E-state index contributed by atoms with van der Waals surface area (Å²) in [5.41, 5.74) is 3.32. The van der Waals surface area contributed by atoms with Crippen molar-refractivity contribution < 1.29 is 9.53 Å². The number of amides is 1. The van der Waals surface area contributed by atoms with Crippen molar-refractivity contribution in [3.8, 4) is 16.9 Å². The van der Waals surface area contributed by atoms with Crippen molar-refractivity contribution in [2.75, 3.05) is 13.2 Å². The lowest BCUT2D eigenvalue weighted by atomic mass is 10.0. The van der Waals surface area contributed by atoms with E-state index >= 15 is 0 Å². The van der Waals surface area contributed by atoms with Crippen LogP contribution in [0.1, 0.15) is 16.2 Å². The highest BCUT2D eigenvalue weighted by Crippen LogP contribution is 2.32. The summed E-state index contributed by atoms with van der Waals surface area (Å²) in [6.45, 7) is 2.84. The lowest BCUT2D eigenvalue weighted by Gasteiger charge is -2.08. The third-order valence-electron chi connectivity index (χ3n) is 3.74. The van der Waals surface area contributed by atoms with E-state index in [0.717, 1.165) is 28.0 Å². The summed E-state index contributed by atoms with van der Waals surface area (Å²) in [5, 5.41) is 3.75. The van der Waals surface area contributed by atoms with Gasteiger partial charge in [0.25, 0.3) is 5.91 Å². The summed E-state index contributed by atoms with van der Waals surface area (Å²) in [4.78, 5) is 23.7. The fourth-order valence-corrected chi connectivity index (χ4v) is 2.65. The fourth-order valence-electron chi connectivity index (χ4n) is 2.65. The van der Waals surface area contributed by atoms with Crippen molar-refractivity contribution in [3.05, 3.63) is 42.0 Å². The topological polar surface area (TPSA) is 79.9 Å². The Morgan fingerprint density at radius 3 is 3.09 bits per heavy atom. The van der Waals surface area contributed by atoms with Gasteiger partial charge >= 0.3 is 0 Å². The third-order valence-corrected chi connectivity index (χ3v) is 3.74. The second kappa shape index (κ2) is 4.84. The number of hydrogen-bond acceptors (Lipinski definition) is 4. The molecule has 0 fully saturated rings. The van der Waals surface area contributed by atoms with Gasteiger partial charge in [-0.3, -0.25) is 4.79 Å². The van der Waals surface area contributed by atoms with Crippen LogP contribution in [-0.2, 0) is 0 Å². The van der Waals surface area contributed by atoms with Crippen molar-refractivity contribution in [1.82, 2.24) is 20.3 Å². The molecule has 0 atom stereocenters. The van der Waals surface area contributed by atoms with Crippen molar-refractivity contribution in [2.24, 2.45) is 0 Å². The summed E-state index contributed by atoms with van der Waals surface area (Å²) in [6, 6.07) is 5.59. The summed E-state index contributed by atoms with van der Waals surface area (Å²) in [5.74, 6) is 1.23. The average molecular weight is 294 g/mol. The van der Waals surface area contributed by atoms with Crippen LogP contribution in [0.5, 0.6) is 5.75 Å². The normalized spacial score (nSPS) is 14.1. The number of aromatic nitrogens is 3. The van der Waals surface area contributed by atoms with E-state index in [-0.39, 0.29) is 5.91 Å². The van der Waals surface area contributed by atoms with Gasteiger partial charge in [0, 0.05) is 23.3 Å². The number of nitrogens with one attached hydrogen (secondary N) is 2. The molecule has 1 amide bonds. The van der Waals surface area contributed by atoms with Gasteiger partial charge < -0.3 is 15.0 Å². The molecule has 1 aromatic carbocycles. The first kappa shape index (κ1) is 12.8. The van der Waals surface area contributed by atoms with Gasteiger partial charge in [0.05, 0.1) is 12.1 Å². The molecule has 0 unspecified atom stereocenters. The smallest absolute Gasteiger partial charge is 0.255 e. The van der Waals surface area contributed by atoms with Gasteiger partial charge in [-0.25, -0.2) is 9.97 Å². The van der Waals surface area contributed by atoms with E-state index < -0.39 is 0 Å². The van der Waals surface area contributed by atoms with Crippen LogP contribution in [0.4, 0.5) is 0 Å². The van der Waals surface area contributed by atoms with Crippen LogP contribution in [0.3, 0.4) is 0 Å². The second-order valence-corrected chi connectivity index (χ2v) is 5.20. The number of H-pyrrole nitrogens is 1. The Bertz CT molecular complexity index is 885. The quantitative estimate of drug-likeness (QED) is 0.720. The summed E-state index contributed by atoms with van der Waals surface area (Å²) >= 11 is 0. The fraction of sp³-hybridized carbons (Fsp3) is 0.188. The largest absolute Gasteiger partial charge is 0.491 e. The maximum Gasteiger partial charge on any atom is 0.255 e. The van der Waals surface area contributed by atoms with E-state index in [4.69, 9.17) is 4.74 Å². The zero-order chi connectivity index (χ0) is 15.1. The maximum absolute atomic E-state index is 11.9. The first-order chi connectivity index (χ1) is 10.7. The zero-order valence-electron chi connectivity index (χ0n) is 12.0. The van der Waals surface area contributed by atoms with Crippen LogP contribution >= 0.6 is 0 Å². The predicted octanol–water partition coefficient (Wildman–Crippen LogP) is 2.06. The van der Waals surface area contributed by atoms with E-state index in [2.05, 4.69) is 20.3 Å². The summed E-state index contributed by atoms with van der Waals surface area (Å²) in [7, 11) is 0. The van der Waals surface area contributed by atoms with Crippen LogP contribution in [0.2, 0.25) is 0 Å². The molecule has 2 aromatic heterocycles. The van der Waals surface area contributed by atoms with Crippen LogP contribution in [-0.4, -0.2) is 34.0 Å². The lowest BCUT2D eigenvalue weighted by Crippen LogP contribution is -2.24. The number of ether oxygens (including phenoxy) is 1. The Morgan fingerprint density at radius 2 is 2.18 bits per heavy atom. The molecule has 4 rings (SSSR count). The Labute approximate surface area is 126 Å². The monoisotopic (exact) mass is 294 g/mol. The molecule has 0 aliphatic carbocycles. The zero-order valence-corrected chi connectivity index (χ0v) is 12.0. The molecule has 1 aliphatic heterocycles. The molecule has 6 heteroatoms. The number of fused-ring (bicyclic) bond motifs is 2. The van der Waals surface area contributed by atoms with Crippen LogP contribution in [0.25, 0.3) is 22.2 Å². The molecule has 110 valence electrons. The Hall–Kier alpha value is -2.89. The molecule has 0 spiro atoms. The number of hydrogen-bond donors (Lipinski definition) is 2. The number of benzene rings is 1. The van der Waals surface area contributed by atoms with Gasteiger partial charge in [0.1, 0.15) is 23.8 Å².